The van der Waals surface area contributed by atoms with Crippen LogP contribution in [0.3, 0.4) is 0 Å². The van der Waals surface area contributed by atoms with Crippen molar-refractivity contribution in [3.8, 4) is 0 Å². The fourth-order valence-electron chi connectivity index (χ4n) is 3.72. The standard InChI is InChI=1S/C15H31N3/c1-3-6-15(13-16-2)18-11-9-17(10-12-18)14-7-4-5-8-14/h14-16H,3-13H2,1-2H3. The Hall–Kier alpha value is -0.120. The fourth-order valence-corrected chi connectivity index (χ4v) is 3.72. The molecule has 2 rings (SSSR count). The molecule has 2 aliphatic rings. The zero-order valence-electron chi connectivity index (χ0n) is 12.3. The molecule has 0 amide bonds. The highest BCUT2D eigenvalue weighted by molar-refractivity contribution is 4.84. The first-order valence-corrected chi connectivity index (χ1v) is 7.97. The minimum atomic E-state index is 0.755. The summed E-state index contributed by atoms with van der Waals surface area (Å²) >= 11 is 0. The Morgan fingerprint density at radius 2 is 1.78 bits per heavy atom. The van der Waals surface area contributed by atoms with Crippen molar-refractivity contribution in [1.82, 2.24) is 15.1 Å². The third kappa shape index (κ3) is 3.69. The maximum atomic E-state index is 3.36. The Balaban J connectivity index is 1.77. The second-order valence-electron chi connectivity index (χ2n) is 6.01. The average molecular weight is 253 g/mol. The average Bonchev–Trinajstić information content (AvgIpc) is 2.93. The maximum Gasteiger partial charge on any atom is 0.0221 e. The van der Waals surface area contributed by atoms with Crippen LogP contribution in [0.25, 0.3) is 0 Å². The quantitative estimate of drug-likeness (QED) is 0.780. The van der Waals surface area contributed by atoms with E-state index in [2.05, 4.69) is 29.1 Å². The van der Waals surface area contributed by atoms with Crippen LogP contribution in [0.5, 0.6) is 0 Å². The summed E-state index contributed by atoms with van der Waals surface area (Å²) in [4.78, 5) is 5.47. The summed E-state index contributed by atoms with van der Waals surface area (Å²) in [6, 6.07) is 1.67. The zero-order valence-corrected chi connectivity index (χ0v) is 12.3. The molecule has 0 bridgehead atoms. The molecule has 0 aromatic heterocycles. The van der Waals surface area contributed by atoms with E-state index in [1.807, 2.05) is 0 Å². The molecule has 1 atom stereocenters. The highest BCUT2D eigenvalue weighted by Gasteiger charge is 2.28. The van der Waals surface area contributed by atoms with Crippen molar-refractivity contribution in [3.05, 3.63) is 0 Å². The molecule has 0 spiro atoms. The zero-order chi connectivity index (χ0) is 12.8. The van der Waals surface area contributed by atoms with Crippen molar-refractivity contribution >= 4 is 0 Å². The normalized spacial score (nSPS) is 25.7. The third-order valence-corrected chi connectivity index (χ3v) is 4.77. The molecule has 3 nitrogen and oxygen atoms in total. The molecule has 2 fully saturated rings. The minimum Gasteiger partial charge on any atom is -0.318 e. The number of nitrogens with one attached hydrogen (secondary N) is 1. The van der Waals surface area contributed by atoms with Crippen molar-refractivity contribution in [3.63, 3.8) is 0 Å². The molecular weight excluding hydrogens is 222 g/mol. The van der Waals surface area contributed by atoms with Crippen LogP contribution in [-0.4, -0.2) is 61.7 Å². The van der Waals surface area contributed by atoms with E-state index in [9.17, 15) is 0 Å². The van der Waals surface area contributed by atoms with Crippen LogP contribution in [0.4, 0.5) is 0 Å². The predicted octanol–water partition coefficient (Wildman–Crippen LogP) is 1.93. The monoisotopic (exact) mass is 253 g/mol. The summed E-state index contributed by atoms with van der Waals surface area (Å²) in [5.74, 6) is 0. The van der Waals surface area contributed by atoms with E-state index in [-0.39, 0.29) is 0 Å². The lowest BCUT2D eigenvalue weighted by Gasteiger charge is -2.41. The van der Waals surface area contributed by atoms with Crippen molar-refractivity contribution in [2.75, 3.05) is 39.8 Å². The number of piperazine rings is 1. The highest BCUT2D eigenvalue weighted by atomic mass is 15.3. The van der Waals surface area contributed by atoms with Gasteiger partial charge in [0.2, 0.25) is 0 Å². The second kappa shape index (κ2) is 7.46. The third-order valence-electron chi connectivity index (χ3n) is 4.77. The Bertz CT molecular complexity index is 212. The first kappa shape index (κ1) is 14.3. The molecule has 3 heteroatoms. The van der Waals surface area contributed by atoms with Gasteiger partial charge in [-0.25, -0.2) is 0 Å². The lowest BCUT2D eigenvalue weighted by atomic mass is 10.1. The van der Waals surface area contributed by atoms with E-state index in [1.54, 1.807) is 0 Å². The first-order chi connectivity index (χ1) is 8.85. The Morgan fingerprint density at radius 1 is 1.11 bits per heavy atom. The fraction of sp³-hybridized carbons (Fsp3) is 1.00. The number of nitrogens with zero attached hydrogens (tertiary/aromatic N) is 2. The summed E-state index contributed by atoms with van der Waals surface area (Å²) in [5.41, 5.74) is 0. The van der Waals surface area contributed by atoms with Crippen molar-refractivity contribution < 1.29 is 0 Å². The molecule has 0 aromatic rings. The summed E-state index contributed by atoms with van der Waals surface area (Å²) < 4.78 is 0. The smallest absolute Gasteiger partial charge is 0.0221 e. The van der Waals surface area contributed by atoms with Gasteiger partial charge in [-0.3, -0.25) is 9.80 Å². The largest absolute Gasteiger partial charge is 0.318 e. The Morgan fingerprint density at radius 3 is 2.33 bits per heavy atom. The van der Waals surface area contributed by atoms with E-state index in [0.29, 0.717) is 0 Å². The topological polar surface area (TPSA) is 18.5 Å². The predicted molar refractivity (Wildman–Crippen MR) is 78.0 cm³/mol. The lowest BCUT2D eigenvalue weighted by molar-refractivity contribution is 0.0675. The molecule has 1 saturated carbocycles. The summed E-state index contributed by atoms with van der Waals surface area (Å²) in [7, 11) is 2.08. The molecule has 1 heterocycles. The van der Waals surface area contributed by atoms with E-state index in [1.165, 1.54) is 64.7 Å². The Labute approximate surface area is 113 Å². The number of rotatable bonds is 6. The summed E-state index contributed by atoms with van der Waals surface area (Å²) in [5, 5.41) is 3.36. The van der Waals surface area contributed by atoms with Gasteiger partial charge in [-0.2, -0.15) is 0 Å². The summed E-state index contributed by atoms with van der Waals surface area (Å²) in [6.45, 7) is 8.61. The molecule has 0 aromatic carbocycles. The van der Waals surface area contributed by atoms with Crippen LogP contribution in [0.2, 0.25) is 0 Å². The number of hydrogen-bond donors (Lipinski definition) is 1. The van der Waals surface area contributed by atoms with Crippen LogP contribution >= 0.6 is 0 Å². The van der Waals surface area contributed by atoms with Crippen LogP contribution < -0.4 is 5.32 Å². The van der Waals surface area contributed by atoms with Crippen LogP contribution in [-0.2, 0) is 0 Å². The lowest BCUT2D eigenvalue weighted by Crippen LogP contribution is -2.54. The number of likely N-dealkylation sites (N-methyl/N-ethyl adjacent to an activating group) is 1. The molecule has 18 heavy (non-hydrogen) atoms. The Kier molecular flexibility index (Phi) is 5.93. The van der Waals surface area contributed by atoms with Crippen LogP contribution in [0, 0.1) is 0 Å². The molecule has 1 aliphatic heterocycles. The molecule has 1 N–H and O–H groups in total. The highest BCUT2D eigenvalue weighted by Crippen LogP contribution is 2.24. The molecule has 0 radical (unpaired) electrons. The molecule has 106 valence electrons. The van der Waals surface area contributed by atoms with Gasteiger partial charge in [0.25, 0.3) is 0 Å². The van der Waals surface area contributed by atoms with Crippen molar-refractivity contribution in [1.29, 1.82) is 0 Å². The molecular formula is C15H31N3. The van der Waals surface area contributed by atoms with E-state index in [0.717, 1.165) is 18.6 Å². The van der Waals surface area contributed by atoms with Gasteiger partial charge in [-0.1, -0.05) is 26.2 Å². The van der Waals surface area contributed by atoms with Gasteiger partial charge in [0, 0.05) is 44.8 Å². The maximum absolute atomic E-state index is 3.36. The molecule has 1 unspecified atom stereocenters. The molecule has 1 saturated heterocycles. The summed E-state index contributed by atoms with van der Waals surface area (Å²) in [6.07, 6.45) is 8.47. The van der Waals surface area contributed by atoms with Gasteiger partial charge in [0.1, 0.15) is 0 Å². The molecule has 1 aliphatic carbocycles. The van der Waals surface area contributed by atoms with Crippen LogP contribution in [0.15, 0.2) is 0 Å². The SMILES string of the molecule is CCCC(CNC)N1CCN(C2CCCC2)CC1. The van der Waals surface area contributed by atoms with Crippen molar-refractivity contribution in [2.45, 2.75) is 57.5 Å². The number of hydrogen-bond acceptors (Lipinski definition) is 3. The van der Waals surface area contributed by atoms with Crippen molar-refractivity contribution in [2.24, 2.45) is 0 Å². The van der Waals surface area contributed by atoms with E-state index < -0.39 is 0 Å². The van der Waals surface area contributed by atoms with Crippen LogP contribution in [0.1, 0.15) is 45.4 Å². The second-order valence-corrected chi connectivity index (χ2v) is 6.01. The van der Waals surface area contributed by atoms with Gasteiger partial charge < -0.3 is 5.32 Å². The van der Waals surface area contributed by atoms with Gasteiger partial charge in [0.15, 0.2) is 0 Å². The van der Waals surface area contributed by atoms with Gasteiger partial charge in [0.05, 0.1) is 0 Å². The van der Waals surface area contributed by atoms with E-state index >= 15 is 0 Å². The van der Waals surface area contributed by atoms with Gasteiger partial charge in [-0.15, -0.1) is 0 Å². The van der Waals surface area contributed by atoms with Gasteiger partial charge in [-0.05, 0) is 26.3 Å². The minimum absolute atomic E-state index is 0.755. The first-order valence-electron chi connectivity index (χ1n) is 7.97. The van der Waals surface area contributed by atoms with Gasteiger partial charge >= 0.3 is 0 Å². The van der Waals surface area contributed by atoms with E-state index in [4.69, 9.17) is 0 Å².